The van der Waals surface area contributed by atoms with Gasteiger partial charge in [-0.05, 0) is 37.3 Å². The van der Waals surface area contributed by atoms with Crippen molar-refractivity contribution < 1.29 is 4.42 Å². The summed E-state index contributed by atoms with van der Waals surface area (Å²) in [6, 6.07) is 0.0867. The minimum absolute atomic E-state index is 0.0867. The molecule has 0 saturated carbocycles. The molecule has 1 N–H and O–H groups in total. The number of hydrogen-bond acceptors (Lipinski definition) is 3. The topological polar surface area (TPSA) is 38.1 Å². The highest BCUT2D eigenvalue weighted by atomic mass is 16.3. The lowest BCUT2D eigenvalue weighted by molar-refractivity contribution is 0.456. The van der Waals surface area contributed by atoms with Crippen molar-refractivity contribution in [1.82, 2.24) is 10.3 Å². The Morgan fingerprint density at radius 1 is 1.57 bits per heavy atom. The summed E-state index contributed by atoms with van der Waals surface area (Å²) in [6.07, 6.45) is 8.88. The summed E-state index contributed by atoms with van der Waals surface area (Å²) in [5.74, 6) is 0.734. The van der Waals surface area contributed by atoms with Crippen LogP contribution in [0.2, 0.25) is 0 Å². The third kappa shape index (κ3) is 1.71. The molecule has 0 aromatic carbocycles. The molecule has 1 aliphatic rings. The van der Waals surface area contributed by atoms with Gasteiger partial charge in [-0.25, -0.2) is 4.98 Å². The molecule has 1 aliphatic heterocycles. The number of rotatable bonds is 2. The van der Waals surface area contributed by atoms with E-state index in [1.54, 1.807) is 6.26 Å². The van der Waals surface area contributed by atoms with E-state index in [4.69, 9.17) is 4.42 Å². The summed E-state index contributed by atoms with van der Waals surface area (Å²) < 4.78 is 5.34. The van der Waals surface area contributed by atoms with Crippen LogP contribution in [0.5, 0.6) is 0 Å². The lowest BCUT2D eigenvalue weighted by Gasteiger charge is -2.15. The number of dihydropyridines is 1. The van der Waals surface area contributed by atoms with Crippen molar-refractivity contribution in [2.24, 2.45) is 0 Å². The number of oxazole rings is 1. The van der Waals surface area contributed by atoms with Crippen LogP contribution in [0.3, 0.4) is 0 Å². The van der Waals surface area contributed by atoms with Crippen molar-refractivity contribution in [3.8, 4) is 0 Å². The molecule has 1 aromatic heterocycles. The molecule has 1 aromatic rings. The number of aromatic nitrogens is 1. The number of allylic oxidation sites excluding steroid dienone is 2. The zero-order chi connectivity index (χ0) is 9.97. The highest BCUT2D eigenvalue weighted by Crippen LogP contribution is 2.20. The summed E-state index contributed by atoms with van der Waals surface area (Å²) in [4.78, 5) is 4.30. The Labute approximate surface area is 83.5 Å². The summed E-state index contributed by atoms with van der Waals surface area (Å²) in [5.41, 5.74) is 2.23. The lowest BCUT2D eigenvalue weighted by atomic mass is 10.1. The SMILES string of the molecule is CCC1=CC(c2nc(C)co2)NC=C1. The maximum atomic E-state index is 5.34. The Hall–Kier alpha value is -1.51. The molecule has 0 fully saturated rings. The van der Waals surface area contributed by atoms with Crippen LogP contribution in [0, 0.1) is 6.92 Å². The van der Waals surface area contributed by atoms with Crippen molar-refractivity contribution in [2.75, 3.05) is 0 Å². The van der Waals surface area contributed by atoms with Gasteiger partial charge in [-0.2, -0.15) is 0 Å². The quantitative estimate of drug-likeness (QED) is 0.778. The molecule has 0 amide bonds. The van der Waals surface area contributed by atoms with E-state index in [-0.39, 0.29) is 6.04 Å². The van der Waals surface area contributed by atoms with Gasteiger partial charge in [0.1, 0.15) is 12.3 Å². The second-order valence-corrected chi connectivity index (χ2v) is 3.40. The summed E-state index contributed by atoms with van der Waals surface area (Å²) in [6.45, 7) is 4.06. The number of nitrogens with one attached hydrogen (secondary N) is 1. The van der Waals surface area contributed by atoms with Gasteiger partial charge in [0.2, 0.25) is 5.89 Å². The fraction of sp³-hybridized carbons (Fsp3) is 0.364. The van der Waals surface area contributed by atoms with Crippen LogP contribution in [0.1, 0.15) is 31.0 Å². The van der Waals surface area contributed by atoms with Crippen molar-refractivity contribution in [3.05, 3.63) is 41.8 Å². The molecular formula is C11H14N2O. The predicted octanol–water partition coefficient (Wildman–Crippen LogP) is 2.48. The van der Waals surface area contributed by atoms with Crippen LogP contribution in [-0.4, -0.2) is 4.98 Å². The second kappa shape index (κ2) is 3.70. The van der Waals surface area contributed by atoms with Crippen LogP contribution in [0.15, 0.2) is 34.6 Å². The third-order valence-corrected chi connectivity index (χ3v) is 2.27. The van der Waals surface area contributed by atoms with Crippen LogP contribution in [0.4, 0.5) is 0 Å². The zero-order valence-corrected chi connectivity index (χ0v) is 8.45. The minimum Gasteiger partial charge on any atom is -0.446 e. The molecule has 14 heavy (non-hydrogen) atoms. The summed E-state index contributed by atoms with van der Waals surface area (Å²) >= 11 is 0. The van der Waals surface area contributed by atoms with Crippen LogP contribution in [-0.2, 0) is 0 Å². The highest BCUT2D eigenvalue weighted by Gasteiger charge is 2.15. The third-order valence-electron chi connectivity index (χ3n) is 2.27. The molecule has 0 bridgehead atoms. The Morgan fingerprint density at radius 3 is 3.07 bits per heavy atom. The smallest absolute Gasteiger partial charge is 0.220 e. The molecule has 74 valence electrons. The Kier molecular flexibility index (Phi) is 2.39. The average Bonchev–Trinajstić information content (AvgIpc) is 2.65. The molecule has 1 atom stereocenters. The first-order valence-electron chi connectivity index (χ1n) is 4.85. The van der Waals surface area contributed by atoms with Gasteiger partial charge in [-0.3, -0.25) is 0 Å². The van der Waals surface area contributed by atoms with E-state index in [1.165, 1.54) is 5.57 Å². The van der Waals surface area contributed by atoms with Gasteiger partial charge >= 0.3 is 0 Å². The fourth-order valence-electron chi connectivity index (χ4n) is 1.47. The largest absolute Gasteiger partial charge is 0.446 e. The van der Waals surface area contributed by atoms with Crippen LogP contribution >= 0.6 is 0 Å². The first-order chi connectivity index (χ1) is 6.79. The maximum absolute atomic E-state index is 5.34. The standard InChI is InChI=1S/C11H14N2O/c1-3-9-4-5-12-10(6-9)11-13-8(2)7-14-11/h4-7,10,12H,3H2,1-2H3. The molecule has 0 aliphatic carbocycles. The molecule has 3 nitrogen and oxygen atoms in total. The highest BCUT2D eigenvalue weighted by molar-refractivity contribution is 5.26. The van der Waals surface area contributed by atoms with Crippen molar-refractivity contribution in [1.29, 1.82) is 0 Å². The van der Waals surface area contributed by atoms with Crippen LogP contribution in [0.25, 0.3) is 0 Å². The van der Waals surface area contributed by atoms with E-state index >= 15 is 0 Å². The van der Waals surface area contributed by atoms with E-state index in [1.807, 2.05) is 13.1 Å². The van der Waals surface area contributed by atoms with Gasteiger partial charge in [0.15, 0.2) is 0 Å². The summed E-state index contributed by atoms with van der Waals surface area (Å²) in [7, 11) is 0. The molecule has 0 spiro atoms. The second-order valence-electron chi connectivity index (χ2n) is 3.40. The predicted molar refractivity (Wildman–Crippen MR) is 54.6 cm³/mol. The van der Waals surface area contributed by atoms with Crippen molar-refractivity contribution in [2.45, 2.75) is 26.3 Å². The Bertz CT molecular complexity index is 376. The van der Waals surface area contributed by atoms with Crippen molar-refractivity contribution in [3.63, 3.8) is 0 Å². The maximum Gasteiger partial charge on any atom is 0.220 e. The monoisotopic (exact) mass is 190 g/mol. The number of hydrogen-bond donors (Lipinski definition) is 1. The zero-order valence-electron chi connectivity index (χ0n) is 8.45. The molecule has 2 heterocycles. The van der Waals surface area contributed by atoms with E-state index in [9.17, 15) is 0 Å². The molecule has 0 saturated heterocycles. The average molecular weight is 190 g/mol. The van der Waals surface area contributed by atoms with Gasteiger partial charge in [0.25, 0.3) is 0 Å². The summed E-state index contributed by atoms with van der Waals surface area (Å²) in [5, 5.41) is 3.20. The molecule has 3 heteroatoms. The van der Waals surface area contributed by atoms with Gasteiger partial charge in [-0.15, -0.1) is 0 Å². The Morgan fingerprint density at radius 2 is 2.43 bits per heavy atom. The number of nitrogens with zero attached hydrogens (tertiary/aromatic N) is 1. The van der Waals surface area contributed by atoms with E-state index < -0.39 is 0 Å². The first kappa shape index (κ1) is 9.06. The Balaban J connectivity index is 2.21. The first-order valence-corrected chi connectivity index (χ1v) is 4.85. The normalized spacial score (nSPS) is 20.4. The van der Waals surface area contributed by atoms with E-state index in [0.717, 1.165) is 18.0 Å². The molecule has 1 unspecified atom stereocenters. The fourth-order valence-corrected chi connectivity index (χ4v) is 1.47. The lowest BCUT2D eigenvalue weighted by Crippen LogP contribution is -2.16. The van der Waals surface area contributed by atoms with E-state index in [0.29, 0.717) is 0 Å². The minimum atomic E-state index is 0.0867. The molecular weight excluding hydrogens is 176 g/mol. The van der Waals surface area contributed by atoms with Gasteiger partial charge in [0.05, 0.1) is 5.69 Å². The molecule has 2 rings (SSSR count). The molecule has 0 radical (unpaired) electrons. The van der Waals surface area contributed by atoms with Crippen molar-refractivity contribution >= 4 is 0 Å². The van der Waals surface area contributed by atoms with Gasteiger partial charge in [0, 0.05) is 0 Å². The van der Waals surface area contributed by atoms with Crippen LogP contribution < -0.4 is 5.32 Å². The van der Waals surface area contributed by atoms with Gasteiger partial charge in [-0.1, -0.05) is 6.92 Å². The van der Waals surface area contributed by atoms with E-state index in [2.05, 4.69) is 29.4 Å². The van der Waals surface area contributed by atoms with Gasteiger partial charge < -0.3 is 9.73 Å². The number of aryl methyl sites for hydroxylation is 1.